The number of nitrogen functional groups attached to an aromatic ring is 1. The van der Waals surface area contributed by atoms with Gasteiger partial charge in [-0.1, -0.05) is 17.7 Å². The third-order valence-electron chi connectivity index (χ3n) is 3.47. The van der Waals surface area contributed by atoms with Crippen LogP contribution >= 0.6 is 11.6 Å². The van der Waals surface area contributed by atoms with Crippen LogP contribution < -0.4 is 25.8 Å². The van der Waals surface area contributed by atoms with E-state index in [-0.39, 0.29) is 6.03 Å². The highest BCUT2D eigenvalue weighted by atomic mass is 35.5. The van der Waals surface area contributed by atoms with Gasteiger partial charge in [-0.3, -0.25) is 0 Å². The molecule has 0 aliphatic heterocycles. The molecule has 0 aliphatic carbocycles. The van der Waals surface area contributed by atoms with Crippen LogP contribution in [0.1, 0.15) is 12.5 Å². The molecule has 2 aromatic rings. The molecule has 0 fully saturated rings. The van der Waals surface area contributed by atoms with Crippen molar-refractivity contribution in [3.8, 4) is 11.5 Å². The number of nitrogens with one attached hydrogen (secondary N) is 2. The van der Waals surface area contributed by atoms with Crippen LogP contribution in [0.2, 0.25) is 5.02 Å². The SMILES string of the molecule is CCOc1ccc(CCNC(=O)Nc2ccc(N)cc2Cl)cc1OC. The molecule has 0 spiro atoms. The van der Waals surface area contributed by atoms with Gasteiger partial charge in [-0.2, -0.15) is 0 Å². The van der Waals surface area contributed by atoms with Gasteiger partial charge in [-0.25, -0.2) is 4.79 Å². The highest BCUT2D eigenvalue weighted by molar-refractivity contribution is 6.34. The summed E-state index contributed by atoms with van der Waals surface area (Å²) in [6, 6.07) is 10.3. The standard InChI is InChI=1S/C18H22ClN3O3/c1-3-25-16-7-4-12(10-17(16)24-2)8-9-21-18(23)22-15-6-5-13(20)11-14(15)19/h4-7,10-11H,3,8-9,20H2,1-2H3,(H2,21,22,23). The number of hydrogen-bond donors (Lipinski definition) is 3. The Labute approximate surface area is 152 Å². The van der Waals surface area contributed by atoms with Gasteiger partial charge < -0.3 is 25.8 Å². The lowest BCUT2D eigenvalue weighted by atomic mass is 10.1. The second-order valence-corrected chi connectivity index (χ2v) is 5.70. The minimum absolute atomic E-state index is 0.329. The summed E-state index contributed by atoms with van der Waals surface area (Å²) in [6.45, 7) is 2.96. The van der Waals surface area contributed by atoms with Gasteiger partial charge in [0.15, 0.2) is 11.5 Å². The van der Waals surface area contributed by atoms with Gasteiger partial charge in [0.05, 0.1) is 24.4 Å². The van der Waals surface area contributed by atoms with E-state index in [9.17, 15) is 4.79 Å². The van der Waals surface area contributed by atoms with E-state index in [1.54, 1.807) is 25.3 Å². The topological polar surface area (TPSA) is 85.6 Å². The number of ether oxygens (including phenoxy) is 2. The summed E-state index contributed by atoms with van der Waals surface area (Å²) in [6.07, 6.45) is 0.658. The van der Waals surface area contributed by atoms with Gasteiger partial charge in [-0.05, 0) is 49.2 Å². The van der Waals surface area contributed by atoms with Crippen molar-refractivity contribution in [1.82, 2.24) is 5.32 Å². The molecule has 2 amide bonds. The van der Waals surface area contributed by atoms with E-state index in [1.807, 2.05) is 25.1 Å². The zero-order valence-electron chi connectivity index (χ0n) is 14.3. The molecule has 0 saturated heterocycles. The van der Waals surface area contributed by atoms with Gasteiger partial charge in [-0.15, -0.1) is 0 Å². The van der Waals surface area contributed by atoms with E-state index in [1.165, 1.54) is 0 Å². The predicted octanol–water partition coefficient (Wildman–Crippen LogP) is 3.69. The van der Waals surface area contributed by atoms with Gasteiger partial charge in [0.1, 0.15) is 0 Å². The molecule has 0 atom stereocenters. The summed E-state index contributed by atoms with van der Waals surface area (Å²) in [4.78, 5) is 11.9. The molecular weight excluding hydrogens is 342 g/mol. The first-order valence-electron chi connectivity index (χ1n) is 7.93. The Bertz CT molecular complexity index is 738. The van der Waals surface area contributed by atoms with Crippen LogP contribution in [0, 0.1) is 0 Å². The second kappa shape index (κ2) is 9.03. The van der Waals surface area contributed by atoms with E-state index in [2.05, 4.69) is 10.6 Å². The molecule has 2 rings (SSSR count). The molecule has 0 saturated carbocycles. The van der Waals surface area contributed by atoms with Crippen molar-refractivity contribution in [2.24, 2.45) is 0 Å². The summed E-state index contributed by atoms with van der Waals surface area (Å²) in [5, 5.41) is 5.87. The van der Waals surface area contributed by atoms with Crippen molar-refractivity contribution in [3.05, 3.63) is 47.0 Å². The summed E-state index contributed by atoms with van der Waals surface area (Å²) < 4.78 is 10.8. The highest BCUT2D eigenvalue weighted by Gasteiger charge is 2.07. The van der Waals surface area contributed by atoms with Gasteiger partial charge in [0.2, 0.25) is 0 Å². The van der Waals surface area contributed by atoms with Crippen molar-refractivity contribution < 1.29 is 14.3 Å². The normalized spacial score (nSPS) is 10.2. The number of nitrogens with two attached hydrogens (primary N) is 1. The van der Waals surface area contributed by atoms with E-state index >= 15 is 0 Å². The molecule has 4 N–H and O–H groups in total. The first-order chi connectivity index (χ1) is 12.0. The number of benzene rings is 2. The molecule has 134 valence electrons. The molecule has 0 unspecified atom stereocenters. The summed E-state index contributed by atoms with van der Waals surface area (Å²) in [7, 11) is 1.60. The number of carbonyl (C=O) groups is 1. The lowest BCUT2D eigenvalue weighted by Gasteiger charge is -2.12. The Balaban J connectivity index is 1.86. The predicted molar refractivity (Wildman–Crippen MR) is 101 cm³/mol. The summed E-state index contributed by atoms with van der Waals surface area (Å²) in [5.41, 5.74) is 7.71. The Morgan fingerprint density at radius 3 is 2.68 bits per heavy atom. The van der Waals surface area contributed by atoms with Crippen molar-refractivity contribution in [1.29, 1.82) is 0 Å². The molecule has 6 nitrogen and oxygen atoms in total. The maximum absolute atomic E-state index is 11.9. The fourth-order valence-corrected chi connectivity index (χ4v) is 2.50. The molecular formula is C18H22ClN3O3. The van der Waals surface area contributed by atoms with Crippen molar-refractivity contribution in [3.63, 3.8) is 0 Å². The Hall–Kier alpha value is -2.60. The smallest absolute Gasteiger partial charge is 0.319 e. The zero-order valence-corrected chi connectivity index (χ0v) is 15.0. The van der Waals surface area contributed by atoms with Gasteiger partial charge >= 0.3 is 6.03 Å². The number of halogens is 1. The van der Waals surface area contributed by atoms with Crippen LogP contribution in [-0.2, 0) is 6.42 Å². The Morgan fingerprint density at radius 2 is 2.00 bits per heavy atom. The first kappa shape index (κ1) is 18.7. The zero-order chi connectivity index (χ0) is 18.2. The first-order valence-corrected chi connectivity index (χ1v) is 8.31. The number of anilines is 2. The fraction of sp³-hybridized carbons (Fsp3) is 0.278. The van der Waals surface area contributed by atoms with E-state index in [4.69, 9.17) is 26.8 Å². The second-order valence-electron chi connectivity index (χ2n) is 5.29. The van der Waals surface area contributed by atoms with Gasteiger partial charge in [0, 0.05) is 12.2 Å². The number of rotatable bonds is 7. The molecule has 0 heterocycles. The number of carbonyl (C=O) groups excluding carboxylic acids is 1. The maximum atomic E-state index is 11.9. The minimum Gasteiger partial charge on any atom is -0.493 e. The lowest BCUT2D eigenvalue weighted by Crippen LogP contribution is -2.30. The molecule has 2 aromatic carbocycles. The van der Waals surface area contributed by atoms with Crippen molar-refractivity contribution >= 4 is 29.0 Å². The van der Waals surface area contributed by atoms with E-state index < -0.39 is 0 Å². The summed E-state index contributed by atoms with van der Waals surface area (Å²) in [5.74, 6) is 1.38. The highest BCUT2D eigenvalue weighted by Crippen LogP contribution is 2.28. The van der Waals surface area contributed by atoms with Crippen LogP contribution in [0.15, 0.2) is 36.4 Å². The van der Waals surface area contributed by atoms with Crippen LogP contribution in [-0.4, -0.2) is 26.3 Å². The molecule has 0 aromatic heterocycles. The Morgan fingerprint density at radius 1 is 1.20 bits per heavy atom. The van der Waals surface area contributed by atoms with Crippen molar-refractivity contribution in [2.45, 2.75) is 13.3 Å². The molecule has 0 bridgehead atoms. The van der Waals surface area contributed by atoms with Crippen LogP contribution in [0.5, 0.6) is 11.5 Å². The monoisotopic (exact) mass is 363 g/mol. The number of amides is 2. The number of hydrogen-bond acceptors (Lipinski definition) is 4. The number of methoxy groups -OCH3 is 1. The third-order valence-corrected chi connectivity index (χ3v) is 3.78. The molecule has 7 heteroatoms. The maximum Gasteiger partial charge on any atom is 0.319 e. The van der Waals surface area contributed by atoms with Crippen molar-refractivity contribution in [2.75, 3.05) is 31.3 Å². The average molecular weight is 364 g/mol. The third kappa shape index (κ3) is 5.46. The quantitative estimate of drug-likeness (QED) is 0.655. The fourth-order valence-electron chi connectivity index (χ4n) is 2.26. The molecule has 0 aliphatic rings. The van der Waals surface area contributed by atoms with Gasteiger partial charge in [0.25, 0.3) is 0 Å². The minimum atomic E-state index is -0.329. The van der Waals surface area contributed by atoms with Crippen LogP contribution in [0.4, 0.5) is 16.2 Å². The van der Waals surface area contributed by atoms with Crippen LogP contribution in [0.3, 0.4) is 0 Å². The largest absolute Gasteiger partial charge is 0.493 e. The summed E-state index contributed by atoms with van der Waals surface area (Å²) >= 11 is 6.03. The molecule has 0 radical (unpaired) electrons. The molecule has 25 heavy (non-hydrogen) atoms. The number of urea groups is 1. The van der Waals surface area contributed by atoms with Crippen LogP contribution in [0.25, 0.3) is 0 Å². The van der Waals surface area contributed by atoms with E-state index in [0.29, 0.717) is 47.5 Å². The average Bonchev–Trinajstić information content (AvgIpc) is 2.59. The van der Waals surface area contributed by atoms with E-state index in [0.717, 1.165) is 5.56 Å². The lowest BCUT2D eigenvalue weighted by molar-refractivity contribution is 0.252. The Kier molecular flexibility index (Phi) is 6.77.